The summed E-state index contributed by atoms with van der Waals surface area (Å²) in [5.41, 5.74) is 2.46. The maximum atomic E-state index is 5.22. The minimum absolute atomic E-state index is 0.486. The fraction of sp³-hybridized carbons (Fsp3) is 0.375. The van der Waals surface area contributed by atoms with Crippen LogP contribution >= 0.6 is 0 Å². The Kier molecular flexibility index (Phi) is 3.84. The fourth-order valence-electron chi connectivity index (χ4n) is 0.880. The molecule has 1 aromatic rings. The molecule has 4 N–H and O–H groups in total. The highest BCUT2D eigenvalue weighted by molar-refractivity contribution is 5.78. The van der Waals surface area contributed by atoms with E-state index in [1.165, 1.54) is 0 Å². The highest BCUT2D eigenvalue weighted by Crippen LogP contribution is 2.00. The van der Waals surface area contributed by atoms with E-state index >= 15 is 0 Å². The van der Waals surface area contributed by atoms with E-state index in [2.05, 4.69) is 15.7 Å². The number of hydrogen-bond donors (Lipinski definition) is 3. The zero-order valence-electron chi connectivity index (χ0n) is 7.58. The van der Waals surface area contributed by atoms with Gasteiger partial charge in [0.05, 0.1) is 6.26 Å². The van der Waals surface area contributed by atoms with Crippen molar-refractivity contribution in [2.45, 2.75) is 13.5 Å². The molecule has 0 radical (unpaired) electrons. The van der Waals surface area contributed by atoms with Gasteiger partial charge in [0, 0.05) is 6.54 Å². The molecule has 0 amide bonds. The standard InChI is InChI=1S/C8H14N4O/c1-2-10-8(12-9)11-6-7-4-3-5-13-7/h3-5H,2,6,9H2,1H3,(H2,10,11,12). The van der Waals surface area contributed by atoms with Gasteiger partial charge in [0.15, 0.2) is 0 Å². The Morgan fingerprint density at radius 2 is 2.54 bits per heavy atom. The first-order valence-electron chi connectivity index (χ1n) is 4.14. The number of hydrazine groups is 1. The lowest BCUT2D eigenvalue weighted by molar-refractivity contribution is 0.512. The predicted octanol–water partition coefficient (Wildman–Crippen LogP) is 0.208. The van der Waals surface area contributed by atoms with Crippen molar-refractivity contribution >= 4 is 5.96 Å². The number of guanidine groups is 1. The number of rotatable bonds is 3. The van der Waals surface area contributed by atoms with Gasteiger partial charge in [-0.05, 0) is 19.1 Å². The van der Waals surface area contributed by atoms with Crippen LogP contribution in [0.1, 0.15) is 12.7 Å². The van der Waals surface area contributed by atoms with E-state index in [-0.39, 0.29) is 0 Å². The second-order valence-corrected chi connectivity index (χ2v) is 2.42. The van der Waals surface area contributed by atoms with Gasteiger partial charge >= 0.3 is 0 Å². The molecule has 1 rings (SSSR count). The van der Waals surface area contributed by atoms with Crippen molar-refractivity contribution in [1.82, 2.24) is 10.7 Å². The fourth-order valence-corrected chi connectivity index (χ4v) is 0.880. The highest BCUT2D eigenvalue weighted by atomic mass is 16.3. The molecule has 0 spiro atoms. The minimum atomic E-state index is 0.486. The molecule has 72 valence electrons. The van der Waals surface area contributed by atoms with Crippen molar-refractivity contribution in [2.75, 3.05) is 6.54 Å². The highest BCUT2D eigenvalue weighted by Gasteiger charge is 1.95. The van der Waals surface area contributed by atoms with Crippen LogP contribution in [0.25, 0.3) is 0 Å². The molecule has 0 aliphatic carbocycles. The Balaban J connectivity index is 2.45. The maximum Gasteiger partial charge on any atom is 0.206 e. The zero-order valence-corrected chi connectivity index (χ0v) is 7.58. The molecule has 0 fully saturated rings. The number of nitrogens with two attached hydrogens (primary N) is 1. The van der Waals surface area contributed by atoms with Crippen LogP contribution in [-0.2, 0) is 6.54 Å². The van der Waals surface area contributed by atoms with Gasteiger partial charge in [-0.1, -0.05) is 0 Å². The van der Waals surface area contributed by atoms with E-state index in [1.807, 2.05) is 19.1 Å². The Labute approximate surface area is 77.0 Å². The summed E-state index contributed by atoms with van der Waals surface area (Å²) < 4.78 is 5.10. The van der Waals surface area contributed by atoms with Crippen molar-refractivity contribution in [3.05, 3.63) is 24.2 Å². The average Bonchev–Trinajstić information content (AvgIpc) is 2.64. The van der Waals surface area contributed by atoms with Crippen molar-refractivity contribution in [3.8, 4) is 0 Å². The van der Waals surface area contributed by atoms with Gasteiger partial charge in [0.25, 0.3) is 0 Å². The van der Waals surface area contributed by atoms with E-state index in [0.717, 1.165) is 12.3 Å². The average molecular weight is 182 g/mol. The van der Waals surface area contributed by atoms with E-state index < -0.39 is 0 Å². The van der Waals surface area contributed by atoms with Crippen molar-refractivity contribution in [3.63, 3.8) is 0 Å². The monoisotopic (exact) mass is 182 g/mol. The van der Waals surface area contributed by atoms with Crippen molar-refractivity contribution in [1.29, 1.82) is 0 Å². The number of furan rings is 1. The van der Waals surface area contributed by atoms with Gasteiger partial charge in [-0.3, -0.25) is 5.43 Å². The van der Waals surface area contributed by atoms with Crippen LogP contribution in [0.3, 0.4) is 0 Å². The lowest BCUT2D eigenvalue weighted by atomic mass is 10.4. The molecule has 0 unspecified atom stereocenters. The molecule has 0 aromatic carbocycles. The summed E-state index contributed by atoms with van der Waals surface area (Å²) in [7, 11) is 0. The smallest absolute Gasteiger partial charge is 0.206 e. The molecule has 5 heteroatoms. The third-order valence-electron chi connectivity index (χ3n) is 1.45. The molecule has 1 heterocycles. The lowest BCUT2D eigenvalue weighted by Crippen LogP contribution is -2.41. The Morgan fingerprint density at radius 3 is 3.08 bits per heavy atom. The first kappa shape index (κ1) is 9.60. The summed E-state index contributed by atoms with van der Waals surface area (Å²) in [6, 6.07) is 3.69. The summed E-state index contributed by atoms with van der Waals surface area (Å²) in [5.74, 6) is 6.60. The number of hydrogen-bond acceptors (Lipinski definition) is 3. The van der Waals surface area contributed by atoms with Gasteiger partial charge in [-0.2, -0.15) is 0 Å². The molecule has 5 nitrogen and oxygen atoms in total. The van der Waals surface area contributed by atoms with E-state index in [0.29, 0.717) is 12.5 Å². The van der Waals surface area contributed by atoms with Crippen molar-refractivity contribution < 1.29 is 4.42 Å². The molecular weight excluding hydrogens is 168 g/mol. The van der Waals surface area contributed by atoms with Gasteiger partial charge in [-0.25, -0.2) is 10.8 Å². The SMILES string of the molecule is CCNC(=NCc1ccco1)NN. The number of nitrogens with zero attached hydrogens (tertiary/aromatic N) is 1. The Morgan fingerprint density at radius 1 is 1.69 bits per heavy atom. The predicted molar refractivity (Wildman–Crippen MR) is 50.8 cm³/mol. The summed E-state index contributed by atoms with van der Waals surface area (Å²) in [5, 5.41) is 2.97. The maximum absolute atomic E-state index is 5.22. The molecule has 13 heavy (non-hydrogen) atoms. The third-order valence-corrected chi connectivity index (χ3v) is 1.45. The second-order valence-electron chi connectivity index (χ2n) is 2.42. The number of aliphatic imine (C=N–C) groups is 1. The van der Waals surface area contributed by atoms with Gasteiger partial charge < -0.3 is 9.73 Å². The van der Waals surface area contributed by atoms with Crippen LogP contribution in [0, 0.1) is 0 Å². The molecular formula is C8H14N4O. The van der Waals surface area contributed by atoms with Crippen LogP contribution in [0.4, 0.5) is 0 Å². The quantitative estimate of drug-likeness (QED) is 0.270. The largest absolute Gasteiger partial charge is 0.467 e. The topological polar surface area (TPSA) is 75.6 Å². The molecule has 0 saturated carbocycles. The van der Waals surface area contributed by atoms with Crippen molar-refractivity contribution in [2.24, 2.45) is 10.8 Å². The molecule has 0 aliphatic heterocycles. The molecule has 0 bridgehead atoms. The molecule has 0 saturated heterocycles. The summed E-state index contributed by atoms with van der Waals surface area (Å²) in [6.07, 6.45) is 1.62. The first-order valence-corrected chi connectivity index (χ1v) is 4.14. The van der Waals surface area contributed by atoms with Crippen LogP contribution in [0.5, 0.6) is 0 Å². The Bertz CT molecular complexity index is 255. The van der Waals surface area contributed by atoms with Gasteiger partial charge in [0.2, 0.25) is 5.96 Å². The molecule has 1 aromatic heterocycles. The normalized spacial score (nSPS) is 11.4. The van der Waals surface area contributed by atoms with Crippen LogP contribution in [0.2, 0.25) is 0 Å². The van der Waals surface area contributed by atoms with Crippen LogP contribution in [-0.4, -0.2) is 12.5 Å². The first-order chi connectivity index (χ1) is 6.36. The van der Waals surface area contributed by atoms with E-state index in [1.54, 1.807) is 6.26 Å². The summed E-state index contributed by atoms with van der Waals surface area (Å²) in [6.45, 7) is 3.24. The zero-order chi connectivity index (χ0) is 9.52. The number of nitrogens with one attached hydrogen (secondary N) is 2. The van der Waals surface area contributed by atoms with Gasteiger partial charge in [0.1, 0.15) is 12.3 Å². The van der Waals surface area contributed by atoms with E-state index in [4.69, 9.17) is 10.3 Å². The molecule has 0 atom stereocenters. The second kappa shape index (κ2) is 5.21. The summed E-state index contributed by atoms with van der Waals surface area (Å²) >= 11 is 0. The lowest BCUT2D eigenvalue weighted by Gasteiger charge is -2.05. The van der Waals surface area contributed by atoms with Crippen LogP contribution < -0.4 is 16.6 Å². The van der Waals surface area contributed by atoms with Crippen LogP contribution in [0.15, 0.2) is 27.8 Å². The van der Waals surface area contributed by atoms with Gasteiger partial charge in [-0.15, -0.1) is 0 Å². The molecule has 0 aliphatic rings. The third kappa shape index (κ3) is 3.16. The Hall–Kier alpha value is -1.49. The summed E-state index contributed by atoms with van der Waals surface area (Å²) in [4.78, 5) is 4.15. The minimum Gasteiger partial charge on any atom is -0.467 e. The van der Waals surface area contributed by atoms with E-state index in [9.17, 15) is 0 Å².